The minimum absolute atomic E-state index is 0.00412. The van der Waals surface area contributed by atoms with E-state index < -0.39 is 0 Å². The van der Waals surface area contributed by atoms with Gasteiger partial charge in [-0.3, -0.25) is 4.79 Å². The van der Waals surface area contributed by atoms with E-state index in [-0.39, 0.29) is 5.56 Å². The molecule has 0 amide bonds. The molecule has 1 fully saturated rings. The first kappa shape index (κ1) is 15.3. The summed E-state index contributed by atoms with van der Waals surface area (Å²) in [6.45, 7) is 0.383. The predicted molar refractivity (Wildman–Crippen MR) is 99.2 cm³/mol. The van der Waals surface area contributed by atoms with Crippen molar-refractivity contribution in [1.82, 2.24) is 19.2 Å². The zero-order chi connectivity index (χ0) is 17.7. The third-order valence-electron chi connectivity index (χ3n) is 4.90. The van der Waals surface area contributed by atoms with Gasteiger partial charge in [0.05, 0.1) is 28.8 Å². The molecule has 1 aliphatic rings. The van der Waals surface area contributed by atoms with Gasteiger partial charge in [0.1, 0.15) is 0 Å². The van der Waals surface area contributed by atoms with Crippen molar-refractivity contribution in [2.24, 2.45) is 0 Å². The molecule has 1 aromatic carbocycles. The van der Waals surface area contributed by atoms with Gasteiger partial charge in [-0.05, 0) is 24.5 Å². The number of hydrogen-bond acceptors (Lipinski definition) is 4. The number of pyridine rings is 1. The lowest BCUT2D eigenvalue weighted by Gasteiger charge is -2.06. The summed E-state index contributed by atoms with van der Waals surface area (Å²) >= 11 is 0. The van der Waals surface area contributed by atoms with E-state index in [9.17, 15) is 4.79 Å². The number of rotatable bonds is 4. The van der Waals surface area contributed by atoms with Crippen LogP contribution in [0, 0.1) is 0 Å². The standard InChI is InChI=1S/C20H18N4O2/c1-26-12-16-18(13-5-3-2-4-6-13)19-21-11-15-17(24(19)22-16)9-10-23(20(15)25)14-7-8-14/h2-6,9-11,14H,7-8,12H2,1H3. The molecule has 130 valence electrons. The van der Waals surface area contributed by atoms with E-state index in [0.29, 0.717) is 18.0 Å². The van der Waals surface area contributed by atoms with Gasteiger partial charge in [-0.25, -0.2) is 9.50 Å². The molecule has 0 N–H and O–H groups in total. The normalized spacial score (nSPS) is 14.3. The first-order valence-electron chi connectivity index (χ1n) is 8.74. The second kappa shape index (κ2) is 5.78. The summed E-state index contributed by atoms with van der Waals surface area (Å²) in [6.07, 6.45) is 5.69. The van der Waals surface area contributed by atoms with Gasteiger partial charge in [0.25, 0.3) is 5.56 Å². The van der Waals surface area contributed by atoms with Crippen LogP contribution in [-0.4, -0.2) is 26.3 Å². The Labute approximate surface area is 149 Å². The number of nitrogens with zero attached hydrogens (tertiary/aromatic N) is 4. The first-order chi connectivity index (χ1) is 12.8. The maximum absolute atomic E-state index is 12.8. The van der Waals surface area contributed by atoms with Crippen LogP contribution in [0.15, 0.2) is 53.6 Å². The van der Waals surface area contributed by atoms with E-state index >= 15 is 0 Å². The van der Waals surface area contributed by atoms with Crippen molar-refractivity contribution in [3.8, 4) is 11.1 Å². The molecular formula is C20H18N4O2. The highest BCUT2D eigenvalue weighted by atomic mass is 16.5. The van der Waals surface area contributed by atoms with Crippen molar-refractivity contribution in [1.29, 1.82) is 0 Å². The minimum atomic E-state index is 0.00412. The SMILES string of the molecule is COCc1nn2c(ncc3c(=O)n(C4CC4)ccc32)c1-c1ccccc1. The summed E-state index contributed by atoms with van der Waals surface area (Å²) in [5, 5.41) is 5.31. The molecule has 0 saturated heterocycles. The third-order valence-corrected chi connectivity index (χ3v) is 4.90. The second-order valence-corrected chi connectivity index (χ2v) is 6.67. The minimum Gasteiger partial charge on any atom is -0.378 e. The Balaban J connectivity index is 1.82. The van der Waals surface area contributed by atoms with Crippen molar-refractivity contribution in [3.63, 3.8) is 0 Å². The fraction of sp³-hybridized carbons (Fsp3) is 0.250. The van der Waals surface area contributed by atoms with Crippen molar-refractivity contribution in [2.75, 3.05) is 7.11 Å². The molecule has 26 heavy (non-hydrogen) atoms. The van der Waals surface area contributed by atoms with Gasteiger partial charge in [0.2, 0.25) is 0 Å². The van der Waals surface area contributed by atoms with Gasteiger partial charge in [0.15, 0.2) is 5.65 Å². The van der Waals surface area contributed by atoms with E-state index in [2.05, 4.69) is 4.98 Å². The van der Waals surface area contributed by atoms with Crippen molar-refractivity contribution in [3.05, 3.63) is 64.8 Å². The van der Waals surface area contributed by atoms with Gasteiger partial charge in [-0.1, -0.05) is 30.3 Å². The Bertz CT molecular complexity index is 1170. The van der Waals surface area contributed by atoms with Crippen LogP contribution >= 0.6 is 0 Å². The molecule has 6 nitrogen and oxygen atoms in total. The quantitative estimate of drug-likeness (QED) is 0.569. The van der Waals surface area contributed by atoms with Crippen LogP contribution in [0.1, 0.15) is 24.6 Å². The van der Waals surface area contributed by atoms with Crippen LogP contribution in [0.4, 0.5) is 0 Å². The molecule has 1 saturated carbocycles. The zero-order valence-corrected chi connectivity index (χ0v) is 14.4. The maximum Gasteiger partial charge on any atom is 0.261 e. The van der Waals surface area contributed by atoms with Crippen molar-refractivity contribution < 1.29 is 4.74 Å². The average Bonchev–Trinajstić information content (AvgIpc) is 3.43. The fourth-order valence-electron chi connectivity index (χ4n) is 3.51. The maximum atomic E-state index is 12.8. The number of benzene rings is 1. The smallest absolute Gasteiger partial charge is 0.261 e. The highest BCUT2D eigenvalue weighted by Gasteiger charge is 2.25. The van der Waals surface area contributed by atoms with Crippen molar-refractivity contribution in [2.45, 2.75) is 25.5 Å². The van der Waals surface area contributed by atoms with E-state index in [0.717, 1.165) is 40.8 Å². The summed E-state index contributed by atoms with van der Waals surface area (Å²) in [5.41, 5.74) is 4.30. The lowest BCUT2D eigenvalue weighted by molar-refractivity contribution is 0.181. The topological polar surface area (TPSA) is 61.4 Å². The molecule has 0 bridgehead atoms. The Hall–Kier alpha value is -2.99. The van der Waals surface area contributed by atoms with Crippen LogP contribution in [0.2, 0.25) is 0 Å². The largest absolute Gasteiger partial charge is 0.378 e. The van der Waals surface area contributed by atoms with Gasteiger partial charge in [-0.2, -0.15) is 5.10 Å². The number of aromatic nitrogens is 4. The monoisotopic (exact) mass is 346 g/mol. The van der Waals surface area contributed by atoms with Crippen molar-refractivity contribution >= 4 is 16.6 Å². The number of hydrogen-bond donors (Lipinski definition) is 0. The summed E-state index contributed by atoms with van der Waals surface area (Å²) in [7, 11) is 1.65. The molecule has 0 radical (unpaired) electrons. The number of ether oxygens (including phenoxy) is 1. The van der Waals surface area contributed by atoms with Gasteiger partial charge in [0, 0.05) is 25.5 Å². The molecule has 0 aliphatic heterocycles. The van der Waals surface area contributed by atoms with E-state index in [1.165, 1.54) is 0 Å². The number of fused-ring (bicyclic) bond motifs is 3. The molecule has 1 aliphatic carbocycles. The highest BCUT2D eigenvalue weighted by molar-refractivity contribution is 5.86. The molecule has 0 spiro atoms. The second-order valence-electron chi connectivity index (χ2n) is 6.67. The van der Waals surface area contributed by atoms with Crippen LogP contribution < -0.4 is 5.56 Å². The highest BCUT2D eigenvalue weighted by Crippen LogP contribution is 2.34. The average molecular weight is 346 g/mol. The lowest BCUT2D eigenvalue weighted by atomic mass is 10.1. The zero-order valence-electron chi connectivity index (χ0n) is 14.4. The molecule has 3 aromatic heterocycles. The van der Waals surface area contributed by atoms with E-state index in [1.807, 2.05) is 47.2 Å². The van der Waals surface area contributed by atoms with Crippen LogP contribution in [0.5, 0.6) is 0 Å². The fourth-order valence-corrected chi connectivity index (χ4v) is 3.51. The third kappa shape index (κ3) is 2.26. The summed E-state index contributed by atoms with van der Waals surface area (Å²) in [5.74, 6) is 0. The molecule has 0 unspecified atom stereocenters. The Morgan fingerprint density at radius 1 is 1.19 bits per heavy atom. The van der Waals surface area contributed by atoms with Gasteiger partial charge in [-0.15, -0.1) is 0 Å². The van der Waals surface area contributed by atoms with Gasteiger partial charge >= 0.3 is 0 Å². The predicted octanol–water partition coefficient (Wildman–Crippen LogP) is 3.19. The molecule has 6 heteroatoms. The van der Waals surface area contributed by atoms with Gasteiger partial charge < -0.3 is 9.30 Å². The summed E-state index contributed by atoms with van der Waals surface area (Å²) in [4.78, 5) is 17.4. The molecule has 4 aromatic rings. The lowest BCUT2D eigenvalue weighted by Crippen LogP contribution is -2.19. The summed E-state index contributed by atoms with van der Waals surface area (Å²) in [6, 6.07) is 12.3. The molecule has 5 rings (SSSR count). The molecule has 3 heterocycles. The molecule has 0 atom stereocenters. The number of methoxy groups -OCH3 is 1. The first-order valence-corrected chi connectivity index (χ1v) is 8.74. The molecular weight excluding hydrogens is 328 g/mol. The van der Waals surface area contributed by atoms with E-state index in [1.54, 1.807) is 17.8 Å². The van der Waals surface area contributed by atoms with Crippen LogP contribution in [-0.2, 0) is 11.3 Å². The van der Waals surface area contributed by atoms with Crippen LogP contribution in [0.3, 0.4) is 0 Å². The Morgan fingerprint density at radius 3 is 2.73 bits per heavy atom. The van der Waals surface area contributed by atoms with E-state index in [4.69, 9.17) is 9.84 Å². The summed E-state index contributed by atoms with van der Waals surface area (Å²) < 4.78 is 8.93. The van der Waals surface area contributed by atoms with Crippen LogP contribution in [0.25, 0.3) is 27.7 Å². The Kier molecular flexibility index (Phi) is 3.39. The Morgan fingerprint density at radius 2 is 2.00 bits per heavy atom.